The van der Waals surface area contributed by atoms with Gasteiger partial charge >= 0.3 is 0 Å². The molecule has 0 saturated carbocycles. The van der Waals surface area contributed by atoms with Crippen LogP contribution in [-0.2, 0) is 16.6 Å². The van der Waals surface area contributed by atoms with Crippen LogP contribution < -0.4 is 14.9 Å². The van der Waals surface area contributed by atoms with Gasteiger partial charge in [-0.15, -0.1) is 0 Å². The lowest BCUT2D eigenvalue weighted by molar-refractivity contribution is 0.0955. The Bertz CT molecular complexity index is 1390. The Hall–Kier alpha value is -4.43. The first-order chi connectivity index (χ1) is 17.0. The molecule has 0 spiro atoms. The summed E-state index contributed by atoms with van der Waals surface area (Å²) in [5.41, 5.74) is 5.04. The molecule has 2 N–H and O–H groups in total. The Labute approximate surface area is 204 Å². The molecule has 0 aliphatic carbocycles. The summed E-state index contributed by atoms with van der Waals surface area (Å²) in [7, 11) is -3.70. The lowest BCUT2D eigenvalue weighted by Crippen LogP contribution is -2.18. The lowest BCUT2D eigenvalue weighted by Gasteiger charge is -2.08. The zero-order valence-electron chi connectivity index (χ0n) is 18.7. The van der Waals surface area contributed by atoms with Gasteiger partial charge < -0.3 is 4.74 Å². The number of hydrogen-bond donors (Lipinski definition) is 2. The highest BCUT2D eigenvalue weighted by molar-refractivity contribution is 7.92. The van der Waals surface area contributed by atoms with Crippen LogP contribution in [-0.4, -0.2) is 20.5 Å². The van der Waals surface area contributed by atoms with Crippen LogP contribution in [0.3, 0.4) is 0 Å². The Morgan fingerprint density at radius 3 is 2.09 bits per heavy atom. The molecule has 176 valence electrons. The first kappa shape index (κ1) is 23.7. The van der Waals surface area contributed by atoms with Crippen molar-refractivity contribution in [3.63, 3.8) is 0 Å². The molecule has 0 saturated heterocycles. The van der Waals surface area contributed by atoms with Gasteiger partial charge in [-0.25, -0.2) is 13.8 Å². The van der Waals surface area contributed by atoms with E-state index < -0.39 is 15.9 Å². The van der Waals surface area contributed by atoms with Gasteiger partial charge in [-0.3, -0.25) is 9.52 Å². The molecular formula is C27H23N3O4S. The average Bonchev–Trinajstić information content (AvgIpc) is 2.89. The van der Waals surface area contributed by atoms with Gasteiger partial charge in [-0.2, -0.15) is 5.10 Å². The number of benzene rings is 4. The molecule has 7 nitrogen and oxygen atoms in total. The minimum absolute atomic E-state index is 0.159. The molecule has 0 aliphatic heterocycles. The van der Waals surface area contributed by atoms with Crippen LogP contribution in [0.25, 0.3) is 0 Å². The first-order valence-corrected chi connectivity index (χ1v) is 12.3. The summed E-state index contributed by atoms with van der Waals surface area (Å²) in [5.74, 6) is 0.319. The van der Waals surface area contributed by atoms with Gasteiger partial charge in [0.2, 0.25) is 0 Å². The van der Waals surface area contributed by atoms with Crippen LogP contribution >= 0.6 is 0 Å². The molecule has 0 unspecified atom stereocenters. The number of hydrogen-bond acceptors (Lipinski definition) is 5. The Morgan fingerprint density at radius 1 is 0.800 bits per heavy atom. The fraction of sp³-hybridized carbons (Fsp3) is 0.0370. The smallest absolute Gasteiger partial charge is 0.271 e. The highest BCUT2D eigenvalue weighted by Gasteiger charge is 2.13. The van der Waals surface area contributed by atoms with Crippen molar-refractivity contribution in [3.8, 4) is 5.75 Å². The van der Waals surface area contributed by atoms with Gasteiger partial charge in [0.1, 0.15) is 12.4 Å². The number of nitrogens with one attached hydrogen (secondary N) is 2. The van der Waals surface area contributed by atoms with Gasteiger partial charge in [0.25, 0.3) is 15.9 Å². The third kappa shape index (κ3) is 6.78. The predicted molar refractivity (Wildman–Crippen MR) is 136 cm³/mol. The Balaban J connectivity index is 1.28. The van der Waals surface area contributed by atoms with Gasteiger partial charge in [-0.05, 0) is 71.8 Å². The van der Waals surface area contributed by atoms with Crippen LogP contribution in [0.2, 0.25) is 0 Å². The van der Waals surface area contributed by atoms with Crippen molar-refractivity contribution in [3.05, 3.63) is 126 Å². The number of ether oxygens (including phenoxy) is 1. The van der Waals surface area contributed by atoms with Crippen LogP contribution in [0.4, 0.5) is 5.69 Å². The number of anilines is 1. The van der Waals surface area contributed by atoms with E-state index in [1.54, 1.807) is 18.2 Å². The summed E-state index contributed by atoms with van der Waals surface area (Å²) in [6.07, 6.45) is 1.53. The topological polar surface area (TPSA) is 96.9 Å². The van der Waals surface area contributed by atoms with E-state index in [0.29, 0.717) is 17.9 Å². The SMILES string of the molecule is O=C(NN=Cc1ccc(OCc2ccccc2)cc1)c1ccc(NS(=O)(=O)c2ccccc2)cc1. The van der Waals surface area contributed by atoms with Crippen molar-refractivity contribution in [2.75, 3.05) is 4.72 Å². The van der Waals surface area contributed by atoms with E-state index >= 15 is 0 Å². The zero-order chi connectivity index (χ0) is 24.5. The van der Waals surface area contributed by atoms with Crippen molar-refractivity contribution >= 4 is 27.8 Å². The maximum absolute atomic E-state index is 12.4. The third-order valence-corrected chi connectivity index (χ3v) is 6.36. The molecule has 8 heteroatoms. The molecule has 1 amide bonds. The number of carbonyl (C=O) groups excluding carboxylic acids is 1. The summed E-state index contributed by atoms with van der Waals surface area (Å²) < 4.78 is 33.0. The molecule has 0 bridgehead atoms. The minimum atomic E-state index is -3.70. The molecule has 0 heterocycles. The maximum Gasteiger partial charge on any atom is 0.271 e. The number of sulfonamides is 1. The van der Waals surface area contributed by atoms with Crippen molar-refractivity contribution in [2.45, 2.75) is 11.5 Å². The van der Waals surface area contributed by atoms with Crippen LogP contribution in [0.15, 0.2) is 119 Å². The largest absolute Gasteiger partial charge is 0.489 e. The van der Waals surface area contributed by atoms with E-state index in [0.717, 1.165) is 16.9 Å². The maximum atomic E-state index is 12.4. The van der Waals surface area contributed by atoms with Crippen LogP contribution in [0.1, 0.15) is 21.5 Å². The van der Waals surface area contributed by atoms with Crippen molar-refractivity contribution in [1.82, 2.24) is 5.43 Å². The summed E-state index contributed by atoms with van der Waals surface area (Å²) in [6, 6.07) is 31.4. The fourth-order valence-corrected chi connectivity index (χ4v) is 4.20. The highest BCUT2D eigenvalue weighted by Crippen LogP contribution is 2.17. The third-order valence-electron chi connectivity index (χ3n) is 4.96. The second kappa shape index (κ2) is 11.1. The summed E-state index contributed by atoms with van der Waals surface area (Å²) in [6.45, 7) is 0.483. The standard InChI is InChI=1S/C27H23N3O4S/c31-27(23-13-15-24(16-14-23)30-35(32,33)26-9-5-2-6-10-26)29-28-19-21-11-17-25(18-12-21)34-20-22-7-3-1-4-8-22/h1-19,30H,20H2,(H,29,31). The molecule has 35 heavy (non-hydrogen) atoms. The molecule has 0 atom stereocenters. The van der Waals surface area contributed by atoms with E-state index in [4.69, 9.17) is 4.74 Å². The molecule has 4 rings (SSSR count). The van der Waals surface area contributed by atoms with Crippen LogP contribution in [0, 0.1) is 0 Å². The van der Waals surface area contributed by atoms with Gasteiger partial charge in [0.05, 0.1) is 11.1 Å². The van der Waals surface area contributed by atoms with Crippen molar-refractivity contribution < 1.29 is 17.9 Å². The highest BCUT2D eigenvalue weighted by atomic mass is 32.2. The summed E-state index contributed by atoms with van der Waals surface area (Å²) >= 11 is 0. The average molecular weight is 486 g/mol. The zero-order valence-corrected chi connectivity index (χ0v) is 19.5. The number of rotatable bonds is 9. The summed E-state index contributed by atoms with van der Waals surface area (Å²) in [5, 5.41) is 3.99. The molecule has 0 fully saturated rings. The second-order valence-electron chi connectivity index (χ2n) is 7.54. The monoisotopic (exact) mass is 485 g/mol. The van der Waals surface area contributed by atoms with Gasteiger partial charge in [0.15, 0.2) is 0 Å². The molecule has 0 aliphatic rings. The normalized spacial score (nSPS) is 11.2. The molecule has 0 radical (unpaired) electrons. The van der Waals surface area contributed by atoms with Crippen molar-refractivity contribution in [1.29, 1.82) is 0 Å². The predicted octanol–water partition coefficient (Wildman–Crippen LogP) is 4.83. The van der Waals surface area contributed by atoms with Crippen LogP contribution in [0.5, 0.6) is 5.75 Å². The Morgan fingerprint density at radius 2 is 1.43 bits per heavy atom. The number of carbonyl (C=O) groups is 1. The lowest BCUT2D eigenvalue weighted by atomic mass is 10.2. The number of amides is 1. The van der Waals surface area contributed by atoms with Gasteiger partial charge in [0, 0.05) is 11.3 Å². The molecule has 4 aromatic rings. The number of hydrazone groups is 1. The van der Waals surface area contributed by atoms with E-state index in [1.807, 2.05) is 54.6 Å². The van der Waals surface area contributed by atoms with E-state index in [1.165, 1.54) is 42.6 Å². The van der Waals surface area contributed by atoms with E-state index in [-0.39, 0.29) is 4.90 Å². The second-order valence-corrected chi connectivity index (χ2v) is 9.22. The van der Waals surface area contributed by atoms with Crippen molar-refractivity contribution in [2.24, 2.45) is 5.10 Å². The quantitative estimate of drug-likeness (QED) is 0.262. The fourth-order valence-electron chi connectivity index (χ4n) is 3.12. The first-order valence-electron chi connectivity index (χ1n) is 10.8. The number of nitrogens with zero attached hydrogens (tertiary/aromatic N) is 1. The molecule has 0 aromatic heterocycles. The minimum Gasteiger partial charge on any atom is -0.489 e. The van der Waals surface area contributed by atoms with Gasteiger partial charge in [-0.1, -0.05) is 48.5 Å². The molecule has 4 aromatic carbocycles. The molecular weight excluding hydrogens is 462 g/mol. The van der Waals surface area contributed by atoms with E-state index in [2.05, 4.69) is 15.2 Å². The Kier molecular flexibility index (Phi) is 7.54. The van der Waals surface area contributed by atoms with E-state index in [9.17, 15) is 13.2 Å². The summed E-state index contributed by atoms with van der Waals surface area (Å²) in [4.78, 5) is 12.5.